The summed E-state index contributed by atoms with van der Waals surface area (Å²) in [5, 5.41) is 0. The van der Waals surface area contributed by atoms with E-state index >= 15 is 0 Å². The topological polar surface area (TPSA) is 3.24 Å². The number of piperidine rings is 1. The third-order valence-corrected chi connectivity index (χ3v) is 4.55. The van der Waals surface area contributed by atoms with Gasteiger partial charge in [-0.05, 0) is 38.4 Å². The molecule has 2 aliphatic rings. The Balaban J connectivity index is 1.56. The maximum atomic E-state index is 13.3. The molecule has 98 valence electrons. The Bertz CT molecular complexity index is 430. The number of hydrogen-bond acceptors (Lipinski definition) is 1. The lowest BCUT2D eigenvalue weighted by atomic mass is 9.92. The van der Waals surface area contributed by atoms with E-state index < -0.39 is 11.3 Å². The van der Waals surface area contributed by atoms with Gasteiger partial charge in [0, 0.05) is 18.4 Å². The number of nitrogens with zero attached hydrogens (tertiary/aromatic N) is 1. The first-order valence-electron chi connectivity index (χ1n) is 6.67. The van der Waals surface area contributed by atoms with Crippen molar-refractivity contribution in [2.45, 2.75) is 38.7 Å². The third kappa shape index (κ3) is 2.05. The molecule has 1 saturated heterocycles. The summed E-state index contributed by atoms with van der Waals surface area (Å²) in [6.07, 6.45) is 1.44. The predicted molar refractivity (Wildman–Crippen MR) is 67.7 cm³/mol. The Morgan fingerprint density at radius 1 is 1.11 bits per heavy atom. The summed E-state index contributed by atoms with van der Waals surface area (Å²) < 4.78 is 26.5. The van der Waals surface area contributed by atoms with Gasteiger partial charge in [-0.25, -0.2) is 8.78 Å². The van der Waals surface area contributed by atoms with Crippen LogP contribution < -0.4 is 0 Å². The number of rotatable bonds is 2. The molecule has 2 fully saturated rings. The molecule has 1 spiro atoms. The van der Waals surface area contributed by atoms with Gasteiger partial charge < -0.3 is 0 Å². The summed E-state index contributed by atoms with van der Waals surface area (Å²) in [4.78, 5) is 2.30. The number of halogens is 2. The van der Waals surface area contributed by atoms with Gasteiger partial charge in [-0.2, -0.15) is 0 Å². The lowest BCUT2D eigenvalue weighted by Gasteiger charge is -2.32. The van der Waals surface area contributed by atoms with E-state index in [0.29, 0.717) is 12.8 Å². The highest BCUT2D eigenvalue weighted by molar-refractivity contribution is 5.21. The molecule has 0 bridgehead atoms. The van der Waals surface area contributed by atoms with Gasteiger partial charge in [-0.1, -0.05) is 29.8 Å². The second kappa shape index (κ2) is 4.02. The van der Waals surface area contributed by atoms with Crippen LogP contribution in [0.1, 0.15) is 30.4 Å². The number of benzene rings is 1. The normalized spacial score (nSPS) is 25.3. The van der Waals surface area contributed by atoms with Crippen molar-refractivity contribution in [1.29, 1.82) is 0 Å². The van der Waals surface area contributed by atoms with Crippen LogP contribution in [-0.2, 0) is 6.54 Å². The fourth-order valence-corrected chi connectivity index (χ4v) is 3.01. The van der Waals surface area contributed by atoms with Crippen LogP contribution in [0.5, 0.6) is 0 Å². The number of likely N-dealkylation sites (tertiary alicyclic amines) is 1. The molecule has 3 heteroatoms. The van der Waals surface area contributed by atoms with Crippen molar-refractivity contribution in [3.8, 4) is 0 Å². The SMILES string of the molecule is Cc1ccc(CN2CCC3(CC2)CC3(F)F)cc1. The average Bonchev–Trinajstić information content (AvgIpc) is 2.87. The molecule has 1 aliphatic carbocycles. The Labute approximate surface area is 107 Å². The van der Waals surface area contributed by atoms with Gasteiger partial charge in [0.05, 0.1) is 0 Å². The van der Waals surface area contributed by atoms with E-state index in [-0.39, 0.29) is 6.42 Å². The van der Waals surface area contributed by atoms with Crippen LogP contribution in [0.25, 0.3) is 0 Å². The molecule has 1 heterocycles. The van der Waals surface area contributed by atoms with Gasteiger partial charge in [0.2, 0.25) is 0 Å². The van der Waals surface area contributed by atoms with E-state index in [2.05, 4.69) is 36.1 Å². The van der Waals surface area contributed by atoms with Crippen LogP contribution in [-0.4, -0.2) is 23.9 Å². The average molecular weight is 251 g/mol. The van der Waals surface area contributed by atoms with Crippen molar-refractivity contribution in [2.75, 3.05) is 13.1 Å². The van der Waals surface area contributed by atoms with Crippen molar-refractivity contribution in [3.05, 3.63) is 35.4 Å². The second-order valence-corrected chi connectivity index (χ2v) is 5.92. The summed E-state index contributed by atoms with van der Waals surface area (Å²) >= 11 is 0. The molecule has 1 aliphatic heterocycles. The Kier molecular flexibility index (Phi) is 2.70. The lowest BCUT2D eigenvalue weighted by Crippen LogP contribution is -2.36. The first-order chi connectivity index (χ1) is 8.51. The van der Waals surface area contributed by atoms with E-state index in [1.54, 1.807) is 0 Å². The van der Waals surface area contributed by atoms with Crippen LogP contribution in [0, 0.1) is 12.3 Å². The van der Waals surface area contributed by atoms with Crippen molar-refractivity contribution in [2.24, 2.45) is 5.41 Å². The van der Waals surface area contributed by atoms with E-state index in [4.69, 9.17) is 0 Å². The molecule has 3 rings (SSSR count). The molecule has 0 N–H and O–H groups in total. The van der Waals surface area contributed by atoms with Gasteiger partial charge in [0.1, 0.15) is 0 Å². The zero-order valence-corrected chi connectivity index (χ0v) is 10.8. The molecular weight excluding hydrogens is 232 g/mol. The van der Waals surface area contributed by atoms with Crippen LogP contribution >= 0.6 is 0 Å². The van der Waals surface area contributed by atoms with Crippen molar-refractivity contribution < 1.29 is 8.78 Å². The standard InChI is InChI=1S/C15H19F2N/c1-12-2-4-13(5-3-12)10-18-8-6-14(7-9-18)11-15(14,16)17/h2-5H,6-11H2,1H3. The Morgan fingerprint density at radius 2 is 1.67 bits per heavy atom. The number of aryl methyl sites for hydroxylation is 1. The molecule has 1 aromatic rings. The van der Waals surface area contributed by atoms with Crippen LogP contribution in [0.2, 0.25) is 0 Å². The number of alkyl halides is 2. The largest absolute Gasteiger partial charge is 0.299 e. The molecule has 18 heavy (non-hydrogen) atoms. The first-order valence-corrected chi connectivity index (χ1v) is 6.67. The minimum atomic E-state index is -2.37. The zero-order valence-electron chi connectivity index (χ0n) is 10.8. The molecule has 0 aromatic heterocycles. The molecular formula is C15H19F2N. The van der Waals surface area contributed by atoms with E-state index in [9.17, 15) is 8.78 Å². The monoisotopic (exact) mass is 251 g/mol. The summed E-state index contributed by atoms with van der Waals surface area (Å²) in [5.74, 6) is -2.37. The van der Waals surface area contributed by atoms with Crippen molar-refractivity contribution in [1.82, 2.24) is 4.90 Å². The first kappa shape index (κ1) is 12.1. The summed E-state index contributed by atoms with van der Waals surface area (Å²) in [7, 11) is 0. The highest BCUT2D eigenvalue weighted by atomic mass is 19.3. The van der Waals surface area contributed by atoms with E-state index in [0.717, 1.165) is 19.6 Å². The molecule has 1 saturated carbocycles. The molecule has 0 atom stereocenters. The highest BCUT2D eigenvalue weighted by Gasteiger charge is 2.70. The minimum Gasteiger partial charge on any atom is -0.299 e. The van der Waals surface area contributed by atoms with Crippen LogP contribution in [0.3, 0.4) is 0 Å². The fraction of sp³-hybridized carbons (Fsp3) is 0.600. The molecule has 0 unspecified atom stereocenters. The predicted octanol–water partition coefficient (Wildman–Crippen LogP) is 3.62. The molecule has 0 amide bonds. The second-order valence-electron chi connectivity index (χ2n) is 5.92. The van der Waals surface area contributed by atoms with Crippen molar-refractivity contribution >= 4 is 0 Å². The highest BCUT2D eigenvalue weighted by Crippen LogP contribution is 2.65. The van der Waals surface area contributed by atoms with Gasteiger partial charge >= 0.3 is 0 Å². The Morgan fingerprint density at radius 3 is 2.17 bits per heavy atom. The molecule has 1 aromatic carbocycles. The lowest BCUT2D eigenvalue weighted by molar-refractivity contribution is 0.0300. The minimum absolute atomic E-state index is 0.123. The smallest absolute Gasteiger partial charge is 0.254 e. The fourth-order valence-electron chi connectivity index (χ4n) is 3.01. The zero-order chi connectivity index (χ0) is 12.8. The summed E-state index contributed by atoms with van der Waals surface area (Å²) in [6, 6.07) is 8.47. The quantitative estimate of drug-likeness (QED) is 0.776. The van der Waals surface area contributed by atoms with Gasteiger partial charge in [-0.15, -0.1) is 0 Å². The summed E-state index contributed by atoms with van der Waals surface area (Å²) in [6.45, 7) is 4.58. The summed E-state index contributed by atoms with van der Waals surface area (Å²) in [5.41, 5.74) is 1.91. The maximum Gasteiger partial charge on any atom is 0.254 e. The van der Waals surface area contributed by atoms with E-state index in [1.165, 1.54) is 11.1 Å². The maximum absolute atomic E-state index is 13.3. The van der Waals surface area contributed by atoms with Crippen LogP contribution in [0.15, 0.2) is 24.3 Å². The van der Waals surface area contributed by atoms with Gasteiger partial charge in [0.15, 0.2) is 0 Å². The van der Waals surface area contributed by atoms with Gasteiger partial charge in [-0.3, -0.25) is 4.90 Å². The number of hydrogen-bond donors (Lipinski definition) is 0. The Hall–Kier alpha value is -0.960. The van der Waals surface area contributed by atoms with Gasteiger partial charge in [0.25, 0.3) is 5.92 Å². The van der Waals surface area contributed by atoms with Crippen molar-refractivity contribution in [3.63, 3.8) is 0 Å². The molecule has 0 radical (unpaired) electrons. The third-order valence-electron chi connectivity index (χ3n) is 4.55. The van der Waals surface area contributed by atoms with Crippen LogP contribution in [0.4, 0.5) is 8.78 Å². The van der Waals surface area contributed by atoms with E-state index in [1.807, 2.05) is 0 Å². The molecule has 1 nitrogen and oxygen atoms in total.